The number of hydrogen-bond donors (Lipinski definition) is 0. The smallest absolute Gasteiger partial charge is 0.427 e. The summed E-state index contributed by atoms with van der Waals surface area (Å²) >= 11 is 2.43. The molecule has 0 amide bonds. The predicted molar refractivity (Wildman–Crippen MR) is 94.8 cm³/mol. The quantitative estimate of drug-likeness (QED) is 0.485. The maximum atomic E-state index is 11.8. The van der Waals surface area contributed by atoms with E-state index in [-0.39, 0.29) is 6.10 Å². The fourth-order valence-corrected chi connectivity index (χ4v) is 4.18. The molecule has 1 aliphatic carbocycles. The van der Waals surface area contributed by atoms with E-state index in [1.165, 1.54) is 14.7 Å². The van der Waals surface area contributed by atoms with Crippen molar-refractivity contribution in [2.24, 2.45) is 0 Å². The minimum absolute atomic E-state index is 0.108. The Hall–Kier alpha value is -1.04. The third kappa shape index (κ3) is 3.03. The molecule has 3 nitrogen and oxygen atoms in total. The molecular weight excluding hydrogens is 391 g/mol. The van der Waals surface area contributed by atoms with Crippen LogP contribution >= 0.6 is 22.6 Å². The maximum Gasteiger partial charge on any atom is 0.509 e. The topological polar surface area (TPSA) is 35.5 Å². The molecule has 1 aromatic carbocycles. The van der Waals surface area contributed by atoms with Gasteiger partial charge in [-0.25, -0.2) is 4.79 Å². The Morgan fingerprint density at radius 1 is 1.32 bits per heavy atom. The van der Waals surface area contributed by atoms with Gasteiger partial charge in [0.15, 0.2) is 5.60 Å². The molecular formula is C18H21IO3. The molecule has 0 bridgehead atoms. The van der Waals surface area contributed by atoms with Gasteiger partial charge in [-0.1, -0.05) is 43.7 Å². The number of benzene rings is 1. The Morgan fingerprint density at radius 2 is 2.09 bits per heavy atom. The van der Waals surface area contributed by atoms with Crippen molar-refractivity contribution < 1.29 is 14.3 Å². The van der Waals surface area contributed by atoms with Crippen molar-refractivity contribution in [2.45, 2.75) is 57.2 Å². The Bertz CT molecular complexity index is 581. The highest BCUT2D eigenvalue weighted by atomic mass is 127. The van der Waals surface area contributed by atoms with Gasteiger partial charge >= 0.3 is 6.16 Å². The lowest BCUT2D eigenvalue weighted by Gasteiger charge is -2.36. The van der Waals surface area contributed by atoms with E-state index in [1.54, 1.807) is 0 Å². The van der Waals surface area contributed by atoms with Gasteiger partial charge in [-0.3, -0.25) is 0 Å². The molecule has 118 valence electrons. The number of carbonyl (C=O) groups excluding carboxylic acids is 1. The molecule has 1 saturated heterocycles. The van der Waals surface area contributed by atoms with E-state index in [4.69, 9.17) is 9.47 Å². The van der Waals surface area contributed by atoms with Crippen LogP contribution in [0.2, 0.25) is 0 Å². The van der Waals surface area contributed by atoms with Crippen molar-refractivity contribution in [1.29, 1.82) is 0 Å². The summed E-state index contributed by atoms with van der Waals surface area (Å²) < 4.78 is 12.6. The van der Waals surface area contributed by atoms with Crippen LogP contribution < -0.4 is 0 Å². The number of cyclic esters (lactones) is 1. The first kappa shape index (κ1) is 15.8. The predicted octanol–water partition coefficient (Wildman–Crippen LogP) is 5.48. The van der Waals surface area contributed by atoms with Crippen LogP contribution in [0.1, 0.15) is 51.0 Å². The molecule has 3 rings (SSSR count). The van der Waals surface area contributed by atoms with E-state index in [0.29, 0.717) is 0 Å². The highest BCUT2D eigenvalue weighted by molar-refractivity contribution is 14.1. The fraction of sp³-hybridized carbons (Fsp3) is 0.500. The molecule has 0 saturated carbocycles. The summed E-state index contributed by atoms with van der Waals surface area (Å²) in [6.45, 7) is 2.16. The van der Waals surface area contributed by atoms with Gasteiger partial charge in [0, 0.05) is 6.42 Å². The van der Waals surface area contributed by atoms with Crippen LogP contribution in [0.4, 0.5) is 4.79 Å². The van der Waals surface area contributed by atoms with Crippen molar-refractivity contribution >= 4 is 34.3 Å². The largest absolute Gasteiger partial charge is 0.509 e. The first-order valence-electron chi connectivity index (χ1n) is 7.97. The number of hydrogen-bond acceptors (Lipinski definition) is 3. The fourth-order valence-electron chi connectivity index (χ4n) is 3.41. The average molecular weight is 412 g/mol. The Labute approximate surface area is 145 Å². The molecule has 0 radical (unpaired) electrons. The van der Waals surface area contributed by atoms with Crippen molar-refractivity contribution in [3.63, 3.8) is 0 Å². The highest BCUT2D eigenvalue weighted by Gasteiger charge is 2.52. The standard InChI is InChI=1S/C18H21IO3/c1-2-3-9-16-18(22-17(20)21-16)11-10-15(19)14(12-18)13-7-5-4-6-8-13/h4-8,16H,2-3,9-12H2,1H3/t16-,18-/m0/s1. The minimum Gasteiger partial charge on any atom is -0.427 e. The summed E-state index contributed by atoms with van der Waals surface area (Å²) in [6, 6.07) is 10.4. The zero-order chi connectivity index (χ0) is 15.6. The second kappa shape index (κ2) is 6.60. The van der Waals surface area contributed by atoms with E-state index in [9.17, 15) is 4.79 Å². The van der Waals surface area contributed by atoms with Crippen molar-refractivity contribution in [3.05, 3.63) is 39.5 Å². The maximum absolute atomic E-state index is 11.8. The lowest BCUT2D eigenvalue weighted by atomic mass is 9.77. The Kier molecular flexibility index (Phi) is 4.76. The minimum atomic E-state index is -0.495. The molecule has 1 aromatic rings. The van der Waals surface area contributed by atoms with Crippen LogP contribution in [0.15, 0.2) is 33.9 Å². The normalized spacial score (nSPS) is 27.9. The second-order valence-electron chi connectivity index (χ2n) is 6.09. The first-order valence-corrected chi connectivity index (χ1v) is 9.05. The summed E-state index contributed by atoms with van der Waals surface area (Å²) in [7, 11) is 0. The number of halogens is 1. The van der Waals surface area contributed by atoms with Gasteiger partial charge in [-0.2, -0.15) is 0 Å². The zero-order valence-electron chi connectivity index (χ0n) is 12.8. The summed E-state index contributed by atoms with van der Waals surface area (Å²) in [5.74, 6) is 0. The SMILES string of the molecule is CCCC[C@@H]1OC(=O)O[C@]12CCC(I)=C(c1ccccc1)C2. The van der Waals surface area contributed by atoms with Crippen molar-refractivity contribution in [3.8, 4) is 0 Å². The van der Waals surface area contributed by atoms with Crippen molar-refractivity contribution in [1.82, 2.24) is 0 Å². The van der Waals surface area contributed by atoms with Crippen LogP contribution in [0.3, 0.4) is 0 Å². The average Bonchev–Trinajstić information content (AvgIpc) is 2.84. The van der Waals surface area contributed by atoms with Crippen molar-refractivity contribution in [2.75, 3.05) is 0 Å². The number of ether oxygens (including phenoxy) is 2. The van der Waals surface area contributed by atoms with Gasteiger partial charge in [-0.05, 0) is 63.0 Å². The van der Waals surface area contributed by atoms with Gasteiger partial charge in [0.25, 0.3) is 0 Å². The first-order chi connectivity index (χ1) is 10.6. The molecule has 1 spiro atoms. The molecule has 1 heterocycles. The monoisotopic (exact) mass is 412 g/mol. The molecule has 0 aromatic heterocycles. The molecule has 4 heteroatoms. The number of unbranched alkanes of at least 4 members (excludes halogenated alkanes) is 1. The van der Waals surface area contributed by atoms with Crippen LogP contribution in [-0.4, -0.2) is 17.9 Å². The third-order valence-electron chi connectivity index (χ3n) is 4.63. The van der Waals surface area contributed by atoms with Gasteiger partial charge in [-0.15, -0.1) is 0 Å². The molecule has 2 aliphatic rings. The van der Waals surface area contributed by atoms with E-state index >= 15 is 0 Å². The highest BCUT2D eigenvalue weighted by Crippen LogP contribution is 2.48. The van der Waals surface area contributed by atoms with Gasteiger partial charge < -0.3 is 9.47 Å². The third-order valence-corrected chi connectivity index (χ3v) is 5.82. The van der Waals surface area contributed by atoms with Crippen LogP contribution in [0.25, 0.3) is 5.57 Å². The van der Waals surface area contributed by atoms with E-state index in [2.05, 4.69) is 53.8 Å². The second-order valence-corrected chi connectivity index (χ2v) is 7.39. The molecule has 0 N–H and O–H groups in total. The van der Waals surface area contributed by atoms with Crippen LogP contribution in [0, 0.1) is 0 Å². The van der Waals surface area contributed by atoms with Gasteiger partial charge in [0.2, 0.25) is 0 Å². The van der Waals surface area contributed by atoms with Crippen LogP contribution in [-0.2, 0) is 9.47 Å². The Morgan fingerprint density at radius 3 is 2.82 bits per heavy atom. The van der Waals surface area contributed by atoms with Gasteiger partial charge in [0.1, 0.15) is 6.10 Å². The molecule has 22 heavy (non-hydrogen) atoms. The van der Waals surface area contributed by atoms with E-state index < -0.39 is 11.8 Å². The van der Waals surface area contributed by atoms with E-state index in [1.807, 2.05) is 6.07 Å². The lowest BCUT2D eigenvalue weighted by Crippen LogP contribution is -2.42. The van der Waals surface area contributed by atoms with Crippen LogP contribution in [0.5, 0.6) is 0 Å². The summed E-state index contributed by atoms with van der Waals surface area (Å²) in [6.07, 6.45) is 5.02. The molecule has 1 aliphatic heterocycles. The zero-order valence-corrected chi connectivity index (χ0v) is 15.0. The summed E-state index contributed by atoms with van der Waals surface area (Å²) in [4.78, 5) is 11.8. The number of carbonyl (C=O) groups is 1. The lowest BCUT2D eigenvalue weighted by molar-refractivity contribution is 0.0186. The Balaban J connectivity index is 1.88. The summed E-state index contributed by atoms with van der Waals surface area (Å²) in [5.41, 5.74) is 2.06. The molecule has 1 fully saturated rings. The van der Waals surface area contributed by atoms with E-state index in [0.717, 1.165) is 38.5 Å². The molecule has 0 unspecified atom stereocenters. The van der Waals surface area contributed by atoms with Gasteiger partial charge in [0.05, 0.1) is 0 Å². The molecule has 2 atom stereocenters. The number of allylic oxidation sites excluding steroid dienone is 1. The summed E-state index contributed by atoms with van der Waals surface area (Å²) in [5, 5.41) is 0. The number of rotatable bonds is 4.